The molecule has 5 N–H and O–H groups in total. The first kappa shape index (κ1) is 15.8. The Morgan fingerprint density at radius 2 is 2.00 bits per heavy atom. The second kappa shape index (κ2) is 7.39. The van der Waals surface area contributed by atoms with E-state index in [4.69, 9.17) is 10.8 Å². The van der Waals surface area contributed by atoms with Crippen LogP contribution in [0.5, 0.6) is 5.75 Å². The Morgan fingerprint density at radius 1 is 1.30 bits per heavy atom. The Bertz CT molecular complexity index is 533. The first-order valence-corrected chi connectivity index (χ1v) is 6.78. The van der Waals surface area contributed by atoms with Crippen molar-refractivity contribution in [1.82, 2.24) is 0 Å². The highest BCUT2D eigenvalue weighted by Gasteiger charge is 2.14. The van der Waals surface area contributed by atoms with Gasteiger partial charge in [0.2, 0.25) is 11.8 Å². The summed E-state index contributed by atoms with van der Waals surface area (Å²) >= 11 is 1.22. The predicted molar refractivity (Wildman–Crippen MR) is 74.8 cm³/mol. The molecule has 108 valence electrons. The van der Waals surface area contributed by atoms with Crippen molar-refractivity contribution >= 4 is 35.2 Å². The average molecular weight is 298 g/mol. The van der Waals surface area contributed by atoms with Crippen LogP contribution in [0.25, 0.3) is 0 Å². The summed E-state index contributed by atoms with van der Waals surface area (Å²) in [6.45, 7) is 0. The number of para-hydroxylation sites is 1. The van der Waals surface area contributed by atoms with Crippen molar-refractivity contribution < 1.29 is 24.6 Å². The Kier molecular flexibility index (Phi) is 5.85. The third kappa shape index (κ3) is 4.81. The molecule has 0 fully saturated rings. The van der Waals surface area contributed by atoms with Gasteiger partial charge in [-0.15, -0.1) is 0 Å². The minimum Gasteiger partial charge on any atom is -0.505 e. The van der Waals surface area contributed by atoms with E-state index in [2.05, 4.69) is 5.32 Å². The molecule has 0 spiro atoms. The normalized spacial score (nSPS) is 10.0. The number of phenols is 1. The van der Waals surface area contributed by atoms with Gasteiger partial charge in [-0.25, -0.2) is 4.79 Å². The Hall–Kier alpha value is -2.22. The molecule has 7 nitrogen and oxygen atoms in total. The molecule has 1 rings (SSSR count). The number of amides is 2. The summed E-state index contributed by atoms with van der Waals surface area (Å²) in [6, 6.07) is 4.05. The van der Waals surface area contributed by atoms with Gasteiger partial charge in [0.1, 0.15) is 5.56 Å². The number of rotatable bonds is 7. The lowest BCUT2D eigenvalue weighted by Crippen LogP contribution is -2.16. The Balaban J connectivity index is 2.56. The van der Waals surface area contributed by atoms with Crippen molar-refractivity contribution in [3.05, 3.63) is 23.8 Å². The van der Waals surface area contributed by atoms with Gasteiger partial charge in [-0.3, -0.25) is 9.59 Å². The fraction of sp³-hybridized carbons (Fsp3) is 0.250. The molecule has 20 heavy (non-hydrogen) atoms. The maximum atomic E-state index is 11.6. The van der Waals surface area contributed by atoms with Gasteiger partial charge in [0, 0.05) is 12.2 Å². The maximum Gasteiger partial charge on any atom is 0.339 e. The second-order valence-corrected chi connectivity index (χ2v) is 4.93. The number of nitrogens with one attached hydrogen (secondary N) is 1. The topological polar surface area (TPSA) is 130 Å². The van der Waals surface area contributed by atoms with Gasteiger partial charge in [0.05, 0.1) is 11.4 Å². The number of primary amides is 1. The fourth-order valence-corrected chi connectivity index (χ4v) is 2.04. The number of carbonyl (C=O) groups is 3. The lowest BCUT2D eigenvalue weighted by molar-refractivity contribution is -0.116. The number of carboxylic acid groups (broad SMARTS) is 1. The third-order valence-electron chi connectivity index (χ3n) is 2.26. The van der Waals surface area contributed by atoms with Crippen LogP contribution >= 0.6 is 11.8 Å². The predicted octanol–water partition coefficient (Wildman–Crippen LogP) is 0.637. The molecular weight excluding hydrogens is 284 g/mol. The first-order valence-electron chi connectivity index (χ1n) is 5.63. The number of benzene rings is 1. The minimum atomic E-state index is -1.28. The van der Waals surface area contributed by atoms with E-state index in [1.54, 1.807) is 0 Å². The fourth-order valence-electron chi connectivity index (χ4n) is 1.37. The van der Waals surface area contributed by atoms with E-state index < -0.39 is 17.6 Å². The number of nitrogens with two attached hydrogens (primary N) is 1. The summed E-state index contributed by atoms with van der Waals surface area (Å²) in [6.07, 6.45) is 0.120. The van der Waals surface area contributed by atoms with E-state index in [0.717, 1.165) is 0 Å². The summed E-state index contributed by atoms with van der Waals surface area (Å²) in [7, 11) is 0. The summed E-state index contributed by atoms with van der Waals surface area (Å²) < 4.78 is 0. The number of hydrogen-bond acceptors (Lipinski definition) is 5. The van der Waals surface area contributed by atoms with E-state index in [9.17, 15) is 19.5 Å². The molecule has 0 aromatic heterocycles. The van der Waals surface area contributed by atoms with Gasteiger partial charge in [0.15, 0.2) is 5.75 Å². The van der Waals surface area contributed by atoms with E-state index in [-0.39, 0.29) is 29.3 Å². The van der Waals surface area contributed by atoms with E-state index in [1.165, 1.54) is 30.0 Å². The lowest BCUT2D eigenvalue weighted by atomic mass is 10.1. The van der Waals surface area contributed by atoms with Crippen molar-refractivity contribution in [2.45, 2.75) is 6.42 Å². The summed E-state index contributed by atoms with van der Waals surface area (Å²) in [4.78, 5) is 32.9. The molecule has 1 aromatic carbocycles. The number of aromatic hydroxyl groups is 1. The highest BCUT2D eigenvalue weighted by atomic mass is 32.2. The average Bonchev–Trinajstić information content (AvgIpc) is 2.36. The molecule has 0 bridgehead atoms. The van der Waals surface area contributed by atoms with Crippen molar-refractivity contribution in [2.24, 2.45) is 5.73 Å². The van der Waals surface area contributed by atoms with Crippen LogP contribution in [-0.2, 0) is 9.59 Å². The molecule has 8 heteroatoms. The zero-order valence-electron chi connectivity index (χ0n) is 10.5. The van der Waals surface area contributed by atoms with Crippen molar-refractivity contribution in [2.75, 3.05) is 16.8 Å². The molecular formula is C12H14N2O5S. The van der Waals surface area contributed by atoms with Crippen LogP contribution in [-0.4, -0.2) is 39.5 Å². The van der Waals surface area contributed by atoms with Crippen molar-refractivity contribution in [1.29, 1.82) is 0 Å². The van der Waals surface area contributed by atoms with Crippen molar-refractivity contribution in [3.8, 4) is 5.75 Å². The maximum absolute atomic E-state index is 11.6. The van der Waals surface area contributed by atoms with Gasteiger partial charge < -0.3 is 21.3 Å². The second-order valence-electron chi connectivity index (χ2n) is 3.82. The SMILES string of the molecule is NC(=O)CSCCC(=O)Nc1cccc(C(=O)O)c1O. The van der Waals surface area contributed by atoms with Gasteiger partial charge >= 0.3 is 5.97 Å². The zero-order chi connectivity index (χ0) is 15.1. The minimum absolute atomic E-state index is 0.0369. The summed E-state index contributed by atoms with van der Waals surface area (Å²) in [5.41, 5.74) is 4.70. The molecule has 0 heterocycles. The van der Waals surface area contributed by atoms with Gasteiger partial charge in [-0.1, -0.05) is 6.07 Å². The van der Waals surface area contributed by atoms with Crippen LogP contribution in [0, 0.1) is 0 Å². The number of hydrogen-bond donors (Lipinski definition) is 4. The molecule has 0 radical (unpaired) electrons. The molecule has 0 unspecified atom stereocenters. The number of thioether (sulfide) groups is 1. The quantitative estimate of drug-likeness (QED) is 0.431. The molecule has 0 aliphatic heterocycles. The smallest absolute Gasteiger partial charge is 0.339 e. The third-order valence-corrected chi connectivity index (χ3v) is 3.24. The molecule has 0 saturated carbocycles. The Morgan fingerprint density at radius 3 is 2.60 bits per heavy atom. The number of aromatic carboxylic acids is 1. The number of carbonyl (C=O) groups excluding carboxylic acids is 2. The lowest BCUT2D eigenvalue weighted by Gasteiger charge is -2.08. The zero-order valence-corrected chi connectivity index (χ0v) is 11.3. The van der Waals surface area contributed by atoms with Crippen LogP contribution in [0.2, 0.25) is 0 Å². The van der Waals surface area contributed by atoms with Crippen LogP contribution in [0.15, 0.2) is 18.2 Å². The van der Waals surface area contributed by atoms with Gasteiger partial charge in [-0.2, -0.15) is 11.8 Å². The molecule has 2 amide bonds. The van der Waals surface area contributed by atoms with Crippen LogP contribution < -0.4 is 11.1 Å². The molecule has 1 aromatic rings. The summed E-state index contributed by atoms with van der Waals surface area (Å²) in [5.74, 6) is -2.09. The highest BCUT2D eigenvalue weighted by Crippen LogP contribution is 2.27. The largest absolute Gasteiger partial charge is 0.505 e. The monoisotopic (exact) mass is 298 g/mol. The van der Waals surface area contributed by atoms with E-state index in [1.807, 2.05) is 0 Å². The molecule has 0 aliphatic rings. The van der Waals surface area contributed by atoms with Crippen LogP contribution in [0.4, 0.5) is 5.69 Å². The Labute approximate surface area is 119 Å². The molecule has 0 saturated heterocycles. The highest BCUT2D eigenvalue weighted by molar-refractivity contribution is 7.99. The number of anilines is 1. The standard InChI is InChI=1S/C12H14N2O5S/c13-9(15)6-20-5-4-10(16)14-8-3-1-2-7(11(8)17)12(18)19/h1-3,17H,4-6H2,(H2,13,15)(H,14,16)(H,18,19). The number of carboxylic acids is 1. The summed E-state index contributed by atoms with van der Waals surface area (Å²) in [5, 5.41) is 20.9. The first-order chi connectivity index (χ1) is 9.41. The molecule has 0 aliphatic carbocycles. The van der Waals surface area contributed by atoms with Crippen molar-refractivity contribution in [3.63, 3.8) is 0 Å². The van der Waals surface area contributed by atoms with Gasteiger partial charge in [0.25, 0.3) is 0 Å². The van der Waals surface area contributed by atoms with E-state index >= 15 is 0 Å². The van der Waals surface area contributed by atoms with Crippen LogP contribution in [0.3, 0.4) is 0 Å². The molecule has 0 atom stereocenters. The van der Waals surface area contributed by atoms with Gasteiger partial charge in [-0.05, 0) is 12.1 Å². The van der Waals surface area contributed by atoms with Crippen LogP contribution in [0.1, 0.15) is 16.8 Å². The van der Waals surface area contributed by atoms with E-state index in [0.29, 0.717) is 5.75 Å².